The number of esters is 1. The van der Waals surface area contributed by atoms with Gasteiger partial charge in [-0.15, -0.1) is 0 Å². The van der Waals surface area contributed by atoms with E-state index in [9.17, 15) is 9.90 Å². The first-order valence-electron chi connectivity index (χ1n) is 12.6. The van der Waals surface area contributed by atoms with Crippen molar-refractivity contribution < 1.29 is 14.6 Å². The highest BCUT2D eigenvalue weighted by atomic mass is 35.5. The van der Waals surface area contributed by atoms with Crippen LogP contribution >= 0.6 is 23.2 Å². The molecule has 1 atom stereocenters. The van der Waals surface area contributed by atoms with Gasteiger partial charge in [-0.3, -0.25) is 4.40 Å². The summed E-state index contributed by atoms with van der Waals surface area (Å²) in [5.74, 6) is -0.0426. The van der Waals surface area contributed by atoms with Crippen LogP contribution in [0.4, 0.5) is 0 Å². The largest absolute Gasteiger partial charge is 0.461 e. The van der Waals surface area contributed by atoms with Gasteiger partial charge in [0, 0.05) is 41.1 Å². The molecule has 7 nitrogen and oxygen atoms in total. The standard InChI is InChI=1S/C31H24Cl2N4O3/c1-3-40-29(38)26-18-37-27-12-9-21(16-25(27)24(17-28(37)35-26)19-5-4-6-23(33)15-19)31(39,30-34-13-14-36(30)2)20-7-10-22(32)11-8-20/h4-18,39H,3H2,1-2H3. The lowest BCUT2D eigenvalue weighted by Crippen LogP contribution is -2.32. The number of benzene rings is 3. The molecule has 0 saturated carbocycles. The summed E-state index contributed by atoms with van der Waals surface area (Å²) in [6.45, 7) is 2.01. The van der Waals surface area contributed by atoms with Crippen LogP contribution in [0, 0.1) is 0 Å². The van der Waals surface area contributed by atoms with Crippen LogP contribution in [-0.4, -0.2) is 36.6 Å². The predicted molar refractivity (Wildman–Crippen MR) is 156 cm³/mol. The van der Waals surface area contributed by atoms with Crippen molar-refractivity contribution in [1.82, 2.24) is 18.9 Å². The lowest BCUT2D eigenvalue weighted by Gasteiger charge is -2.29. The maximum Gasteiger partial charge on any atom is 0.358 e. The van der Waals surface area contributed by atoms with Crippen LogP contribution in [0.3, 0.4) is 0 Å². The summed E-state index contributed by atoms with van der Waals surface area (Å²) >= 11 is 12.6. The summed E-state index contributed by atoms with van der Waals surface area (Å²) in [6.07, 6.45) is 5.11. The van der Waals surface area contributed by atoms with E-state index in [0.29, 0.717) is 32.6 Å². The molecule has 3 aromatic carbocycles. The fourth-order valence-electron chi connectivity index (χ4n) is 5.11. The molecule has 0 fully saturated rings. The molecule has 0 saturated heterocycles. The average Bonchev–Trinajstić information content (AvgIpc) is 3.59. The van der Waals surface area contributed by atoms with E-state index < -0.39 is 11.6 Å². The van der Waals surface area contributed by atoms with Gasteiger partial charge in [0.05, 0.1) is 12.1 Å². The first-order chi connectivity index (χ1) is 19.3. The number of ether oxygens (including phenoxy) is 1. The second kappa shape index (κ2) is 10.1. The van der Waals surface area contributed by atoms with Gasteiger partial charge in [-0.2, -0.15) is 0 Å². The number of rotatable bonds is 6. The smallest absolute Gasteiger partial charge is 0.358 e. The Morgan fingerprint density at radius 1 is 1.00 bits per heavy atom. The van der Waals surface area contributed by atoms with Crippen molar-refractivity contribution in [2.45, 2.75) is 12.5 Å². The monoisotopic (exact) mass is 570 g/mol. The third-order valence-electron chi connectivity index (χ3n) is 7.00. The van der Waals surface area contributed by atoms with Crippen molar-refractivity contribution in [2.75, 3.05) is 6.61 Å². The van der Waals surface area contributed by atoms with Crippen LogP contribution in [0.5, 0.6) is 0 Å². The fraction of sp³-hybridized carbons (Fsp3) is 0.129. The number of fused-ring (bicyclic) bond motifs is 3. The molecule has 0 aliphatic heterocycles. The summed E-state index contributed by atoms with van der Waals surface area (Å²) in [6, 6.07) is 22.2. The summed E-state index contributed by atoms with van der Waals surface area (Å²) in [5, 5.41) is 14.4. The maximum absolute atomic E-state index is 12.5. The summed E-state index contributed by atoms with van der Waals surface area (Å²) in [5.41, 5.74) is 2.90. The first-order valence-corrected chi connectivity index (χ1v) is 13.4. The zero-order chi connectivity index (χ0) is 28.0. The molecule has 9 heteroatoms. The zero-order valence-corrected chi connectivity index (χ0v) is 23.2. The summed E-state index contributed by atoms with van der Waals surface area (Å²) in [7, 11) is 1.84. The first kappa shape index (κ1) is 26.1. The number of hydrogen-bond acceptors (Lipinski definition) is 5. The number of hydrogen-bond donors (Lipinski definition) is 1. The highest BCUT2D eigenvalue weighted by Gasteiger charge is 2.38. The minimum atomic E-state index is -1.59. The summed E-state index contributed by atoms with van der Waals surface area (Å²) < 4.78 is 8.83. The molecule has 0 amide bonds. The van der Waals surface area contributed by atoms with E-state index in [1.807, 2.05) is 60.0 Å². The van der Waals surface area contributed by atoms with Gasteiger partial charge in [0.25, 0.3) is 0 Å². The van der Waals surface area contributed by atoms with Gasteiger partial charge in [-0.1, -0.05) is 53.5 Å². The summed E-state index contributed by atoms with van der Waals surface area (Å²) in [4.78, 5) is 21.6. The lowest BCUT2D eigenvalue weighted by molar-refractivity contribution is 0.0520. The Hall–Kier alpha value is -4.17. The number of carbonyl (C=O) groups is 1. The van der Waals surface area contributed by atoms with E-state index in [1.54, 1.807) is 54.3 Å². The van der Waals surface area contributed by atoms with Gasteiger partial charge in [-0.25, -0.2) is 14.8 Å². The third kappa shape index (κ3) is 4.32. The molecule has 3 heterocycles. The Kier molecular flexibility index (Phi) is 6.58. The van der Waals surface area contributed by atoms with Crippen molar-refractivity contribution >= 4 is 45.7 Å². The van der Waals surface area contributed by atoms with E-state index in [0.717, 1.165) is 22.0 Å². The quantitative estimate of drug-likeness (QED) is 0.226. The molecule has 40 heavy (non-hydrogen) atoms. The van der Waals surface area contributed by atoms with E-state index in [-0.39, 0.29) is 12.3 Å². The number of aromatic nitrogens is 4. The number of halogens is 2. The normalized spacial score (nSPS) is 13.0. The average molecular weight is 571 g/mol. The van der Waals surface area contributed by atoms with Gasteiger partial charge in [0.2, 0.25) is 0 Å². The highest BCUT2D eigenvalue weighted by Crippen LogP contribution is 2.40. The molecule has 0 radical (unpaired) electrons. The topological polar surface area (TPSA) is 81.6 Å². The van der Waals surface area contributed by atoms with Gasteiger partial charge in [-0.05, 0) is 71.6 Å². The fourth-order valence-corrected chi connectivity index (χ4v) is 5.43. The molecular weight excluding hydrogens is 547 g/mol. The number of pyridine rings is 1. The Labute approximate surface area is 240 Å². The van der Waals surface area contributed by atoms with Gasteiger partial charge in [0.1, 0.15) is 11.5 Å². The van der Waals surface area contributed by atoms with E-state index in [1.165, 1.54) is 0 Å². The number of carbonyl (C=O) groups excluding carboxylic acids is 1. The maximum atomic E-state index is 12.5. The van der Waals surface area contributed by atoms with Crippen LogP contribution < -0.4 is 0 Å². The van der Waals surface area contributed by atoms with Gasteiger partial charge < -0.3 is 14.4 Å². The van der Waals surface area contributed by atoms with Crippen molar-refractivity contribution in [1.29, 1.82) is 0 Å². The van der Waals surface area contributed by atoms with Crippen molar-refractivity contribution in [3.63, 3.8) is 0 Å². The van der Waals surface area contributed by atoms with E-state index in [4.69, 9.17) is 27.9 Å². The Morgan fingerprint density at radius 3 is 2.48 bits per heavy atom. The molecule has 200 valence electrons. The molecule has 1 unspecified atom stereocenters. The van der Waals surface area contributed by atoms with Crippen molar-refractivity contribution in [3.05, 3.63) is 124 Å². The van der Waals surface area contributed by atoms with E-state index >= 15 is 0 Å². The van der Waals surface area contributed by atoms with Crippen molar-refractivity contribution in [2.24, 2.45) is 7.05 Å². The van der Waals surface area contributed by atoms with Crippen LogP contribution in [-0.2, 0) is 17.4 Å². The highest BCUT2D eigenvalue weighted by molar-refractivity contribution is 6.31. The Morgan fingerprint density at radius 2 is 1.77 bits per heavy atom. The van der Waals surface area contributed by atoms with E-state index in [2.05, 4.69) is 9.97 Å². The molecule has 0 aliphatic carbocycles. The number of aryl methyl sites for hydroxylation is 1. The third-order valence-corrected chi connectivity index (χ3v) is 7.48. The minimum absolute atomic E-state index is 0.209. The Balaban J connectivity index is 1.66. The molecule has 0 aliphatic rings. The zero-order valence-electron chi connectivity index (χ0n) is 21.7. The molecule has 6 rings (SSSR count). The number of nitrogens with zero attached hydrogens (tertiary/aromatic N) is 4. The minimum Gasteiger partial charge on any atom is -0.461 e. The molecule has 6 aromatic rings. The van der Waals surface area contributed by atoms with Crippen LogP contribution in [0.2, 0.25) is 10.0 Å². The SMILES string of the molecule is CCOC(=O)c1cn2c(cc(-c3cccc(Cl)c3)c3cc(C(O)(c4ccc(Cl)cc4)c4nccn4C)ccc32)n1. The molecular formula is C31H24Cl2N4O3. The second-order valence-corrected chi connectivity index (χ2v) is 10.3. The molecule has 0 spiro atoms. The number of imidazole rings is 2. The molecule has 1 N–H and O–H groups in total. The van der Waals surface area contributed by atoms with Gasteiger partial charge >= 0.3 is 5.97 Å². The predicted octanol–water partition coefficient (Wildman–Crippen LogP) is 6.66. The molecule has 0 bridgehead atoms. The van der Waals surface area contributed by atoms with Crippen molar-refractivity contribution in [3.8, 4) is 11.1 Å². The molecule has 3 aromatic heterocycles. The van der Waals surface area contributed by atoms with Crippen LogP contribution in [0.25, 0.3) is 27.7 Å². The second-order valence-electron chi connectivity index (χ2n) is 9.45. The van der Waals surface area contributed by atoms with Gasteiger partial charge in [0.15, 0.2) is 11.3 Å². The Bertz CT molecular complexity index is 1890. The van der Waals surface area contributed by atoms with Crippen LogP contribution in [0.1, 0.15) is 34.4 Å². The lowest BCUT2D eigenvalue weighted by atomic mass is 9.84. The number of aliphatic hydroxyl groups is 1. The van der Waals surface area contributed by atoms with Crippen LogP contribution in [0.15, 0.2) is 91.4 Å².